The minimum absolute atomic E-state index is 0. The second-order valence-electron chi connectivity index (χ2n) is 6.97. The normalized spacial score (nSPS) is 15.1. The molecule has 1 aliphatic heterocycles. The fourth-order valence-electron chi connectivity index (χ4n) is 3.09. The largest absolute Gasteiger partial charge is 0.484 e. The second-order valence-corrected chi connectivity index (χ2v) is 6.97. The molecule has 0 bridgehead atoms. The molecular formula is C20H33IN6O3. The van der Waals surface area contributed by atoms with E-state index in [2.05, 4.69) is 25.8 Å². The molecule has 1 saturated heterocycles. The van der Waals surface area contributed by atoms with Crippen LogP contribution in [0.4, 0.5) is 0 Å². The summed E-state index contributed by atoms with van der Waals surface area (Å²) in [5, 5.41) is 9.43. The molecule has 168 valence electrons. The Kier molecular flexibility index (Phi) is 12.1. The molecule has 9 nitrogen and oxygen atoms in total. The molecule has 0 aromatic heterocycles. The number of ether oxygens (including phenoxy) is 1. The average Bonchev–Trinajstić information content (AvgIpc) is 2.72. The number of likely N-dealkylation sites (tertiary alicyclic amines) is 1. The summed E-state index contributed by atoms with van der Waals surface area (Å²) in [5.74, 6) is 0.903. The summed E-state index contributed by atoms with van der Waals surface area (Å²) in [6.45, 7) is 5.34. The summed E-state index contributed by atoms with van der Waals surface area (Å²) in [5.41, 5.74) is 6.09. The number of hydrogen-bond acceptors (Lipinski definition) is 5. The number of primary amides is 1. The maximum absolute atomic E-state index is 11.5. The molecule has 10 heteroatoms. The molecule has 0 radical (unpaired) electrons. The topological polar surface area (TPSA) is 121 Å². The molecule has 5 N–H and O–H groups in total. The van der Waals surface area contributed by atoms with Gasteiger partial charge in [0.2, 0.25) is 5.91 Å². The van der Waals surface area contributed by atoms with Crippen molar-refractivity contribution in [2.75, 3.05) is 39.8 Å². The first-order valence-corrected chi connectivity index (χ1v) is 9.98. The lowest BCUT2D eigenvalue weighted by Crippen LogP contribution is -2.50. The Morgan fingerprint density at radius 3 is 2.67 bits per heavy atom. The van der Waals surface area contributed by atoms with E-state index in [9.17, 15) is 9.59 Å². The molecule has 0 aliphatic carbocycles. The fourth-order valence-corrected chi connectivity index (χ4v) is 3.09. The quantitative estimate of drug-likeness (QED) is 0.208. The maximum Gasteiger partial charge on any atom is 0.255 e. The molecule has 1 heterocycles. The lowest BCUT2D eigenvalue weighted by Gasteiger charge is -2.32. The Labute approximate surface area is 195 Å². The third-order valence-electron chi connectivity index (χ3n) is 4.62. The molecule has 2 amide bonds. The Hall–Kier alpha value is -2.08. The number of rotatable bonds is 9. The van der Waals surface area contributed by atoms with Crippen molar-refractivity contribution in [2.45, 2.75) is 32.4 Å². The molecule has 1 aliphatic rings. The van der Waals surface area contributed by atoms with Crippen molar-refractivity contribution in [3.8, 4) is 5.75 Å². The van der Waals surface area contributed by atoms with Crippen LogP contribution in [0.5, 0.6) is 5.75 Å². The molecule has 2 rings (SSSR count). The van der Waals surface area contributed by atoms with Crippen molar-refractivity contribution < 1.29 is 14.3 Å². The highest BCUT2D eigenvalue weighted by molar-refractivity contribution is 14.0. The van der Waals surface area contributed by atoms with E-state index in [1.54, 1.807) is 13.1 Å². The van der Waals surface area contributed by atoms with Crippen molar-refractivity contribution in [3.05, 3.63) is 29.8 Å². The molecule has 1 fully saturated rings. The summed E-state index contributed by atoms with van der Waals surface area (Å²) >= 11 is 0. The van der Waals surface area contributed by atoms with Gasteiger partial charge in [-0.25, -0.2) is 4.99 Å². The lowest BCUT2D eigenvalue weighted by atomic mass is 10.1. The highest BCUT2D eigenvalue weighted by Crippen LogP contribution is 2.14. The van der Waals surface area contributed by atoms with E-state index in [4.69, 9.17) is 10.5 Å². The fraction of sp³-hybridized carbons (Fsp3) is 0.550. The number of benzene rings is 1. The molecule has 0 saturated carbocycles. The Balaban J connectivity index is 0.00000450. The van der Waals surface area contributed by atoms with Crippen molar-refractivity contribution in [1.29, 1.82) is 0 Å². The van der Waals surface area contributed by atoms with E-state index in [0.717, 1.165) is 44.0 Å². The van der Waals surface area contributed by atoms with Gasteiger partial charge in [0.1, 0.15) is 5.75 Å². The first kappa shape index (κ1) is 26.0. The van der Waals surface area contributed by atoms with Crippen LogP contribution in [0, 0.1) is 0 Å². The highest BCUT2D eigenvalue weighted by Gasteiger charge is 2.21. The van der Waals surface area contributed by atoms with Crippen LogP contribution in [0.25, 0.3) is 0 Å². The van der Waals surface area contributed by atoms with Crippen LogP contribution in [0.2, 0.25) is 0 Å². The second kappa shape index (κ2) is 14.0. The van der Waals surface area contributed by atoms with Crippen molar-refractivity contribution >= 4 is 41.8 Å². The summed E-state index contributed by atoms with van der Waals surface area (Å²) in [4.78, 5) is 29.2. The van der Waals surface area contributed by atoms with E-state index in [0.29, 0.717) is 24.9 Å². The van der Waals surface area contributed by atoms with Crippen molar-refractivity contribution in [3.63, 3.8) is 0 Å². The van der Waals surface area contributed by atoms with E-state index in [1.807, 2.05) is 25.1 Å². The van der Waals surface area contributed by atoms with Gasteiger partial charge in [0.05, 0.1) is 13.1 Å². The SMILES string of the molecule is CCNC(=NCc1cccc(OCC(N)=O)c1)NC1CCN(CC(=O)NC)CC1.I. The summed E-state index contributed by atoms with van der Waals surface area (Å²) < 4.78 is 5.34. The number of aliphatic imine (C=N–C) groups is 1. The van der Waals surface area contributed by atoms with Gasteiger partial charge in [-0.1, -0.05) is 12.1 Å². The average molecular weight is 532 g/mol. The number of guanidine groups is 1. The number of halogens is 1. The summed E-state index contributed by atoms with van der Waals surface area (Å²) in [7, 11) is 1.66. The van der Waals surface area contributed by atoms with Crippen LogP contribution < -0.4 is 26.4 Å². The van der Waals surface area contributed by atoms with Gasteiger partial charge in [0, 0.05) is 32.7 Å². The predicted molar refractivity (Wildman–Crippen MR) is 128 cm³/mol. The zero-order valence-corrected chi connectivity index (χ0v) is 20.0. The van der Waals surface area contributed by atoms with Gasteiger partial charge in [-0.05, 0) is 37.5 Å². The number of nitrogens with zero attached hydrogens (tertiary/aromatic N) is 2. The van der Waals surface area contributed by atoms with Crippen LogP contribution >= 0.6 is 24.0 Å². The van der Waals surface area contributed by atoms with Gasteiger partial charge in [-0.2, -0.15) is 0 Å². The van der Waals surface area contributed by atoms with Gasteiger partial charge in [0.25, 0.3) is 5.91 Å². The molecule has 1 aromatic rings. The number of carbonyl (C=O) groups excluding carboxylic acids is 2. The first-order valence-electron chi connectivity index (χ1n) is 9.98. The van der Waals surface area contributed by atoms with Crippen LogP contribution in [0.15, 0.2) is 29.3 Å². The Bertz CT molecular complexity index is 708. The van der Waals surface area contributed by atoms with Gasteiger partial charge in [-0.3, -0.25) is 14.5 Å². The number of hydrogen-bond donors (Lipinski definition) is 4. The smallest absolute Gasteiger partial charge is 0.255 e. The van der Waals surface area contributed by atoms with Crippen LogP contribution in [-0.2, 0) is 16.1 Å². The number of likely N-dealkylation sites (N-methyl/N-ethyl adjacent to an activating group) is 1. The Morgan fingerprint density at radius 2 is 2.03 bits per heavy atom. The number of carbonyl (C=O) groups is 2. The van der Waals surface area contributed by atoms with Gasteiger partial charge < -0.3 is 26.4 Å². The number of nitrogens with two attached hydrogens (primary N) is 1. The van der Waals surface area contributed by atoms with Crippen LogP contribution in [-0.4, -0.2) is 68.5 Å². The third kappa shape index (κ3) is 9.61. The first-order chi connectivity index (χ1) is 14.0. The minimum atomic E-state index is -0.506. The summed E-state index contributed by atoms with van der Waals surface area (Å²) in [6.07, 6.45) is 1.91. The number of amides is 2. The maximum atomic E-state index is 11.5. The zero-order valence-electron chi connectivity index (χ0n) is 17.6. The van der Waals surface area contributed by atoms with Crippen molar-refractivity contribution in [2.24, 2.45) is 10.7 Å². The number of nitrogens with one attached hydrogen (secondary N) is 3. The standard InChI is InChI=1S/C20H32N6O3.HI/c1-3-23-20(25-16-7-9-26(10-8-16)13-19(28)22-2)24-12-15-5-4-6-17(11-15)29-14-18(21)27;/h4-6,11,16H,3,7-10,12-14H2,1-2H3,(H2,21,27)(H,22,28)(H2,23,24,25);1H. The van der Waals surface area contributed by atoms with Gasteiger partial charge >= 0.3 is 0 Å². The third-order valence-corrected chi connectivity index (χ3v) is 4.62. The summed E-state index contributed by atoms with van der Waals surface area (Å²) in [6, 6.07) is 7.78. The molecule has 1 aromatic carbocycles. The van der Waals surface area contributed by atoms with E-state index in [-0.39, 0.29) is 36.5 Å². The van der Waals surface area contributed by atoms with Crippen LogP contribution in [0.3, 0.4) is 0 Å². The van der Waals surface area contributed by atoms with Gasteiger partial charge in [-0.15, -0.1) is 24.0 Å². The van der Waals surface area contributed by atoms with E-state index in [1.165, 1.54) is 0 Å². The zero-order chi connectivity index (χ0) is 21.1. The molecular weight excluding hydrogens is 499 g/mol. The van der Waals surface area contributed by atoms with E-state index < -0.39 is 5.91 Å². The van der Waals surface area contributed by atoms with E-state index >= 15 is 0 Å². The number of piperidine rings is 1. The molecule has 30 heavy (non-hydrogen) atoms. The predicted octanol–water partition coefficient (Wildman–Crippen LogP) is 0.434. The lowest BCUT2D eigenvalue weighted by molar-refractivity contribution is -0.122. The molecule has 0 spiro atoms. The van der Waals surface area contributed by atoms with Crippen LogP contribution in [0.1, 0.15) is 25.3 Å². The monoisotopic (exact) mass is 532 g/mol. The molecule has 0 atom stereocenters. The highest BCUT2D eigenvalue weighted by atomic mass is 127. The minimum Gasteiger partial charge on any atom is -0.484 e. The molecule has 0 unspecified atom stereocenters. The van der Waals surface area contributed by atoms with Gasteiger partial charge in [0.15, 0.2) is 12.6 Å². The van der Waals surface area contributed by atoms with Crippen molar-refractivity contribution in [1.82, 2.24) is 20.9 Å². The Morgan fingerprint density at radius 1 is 1.30 bits per heavy atom.